The van der Waals surface area contributed by atoms with Gasteiger partial charge in [0.2, 0.25) is 0 Å². The molecule has 0 aliphatic heterocycles. The molecule has 0 unspecified atom stereocenters. The molecule has 0 aliphatic rings. The second-order valence-electron chi connectivity index (χ2n) is 4.98. The van der Waals surface area contributed by atoms with Crippen molar-refractivity contribution in [2.75, 3.05) is 6.61 Å². The molecule has 0 fully saturated rings. The van der Waals surface area contributed by atoms with Crippen molar-refractivity contribution in [1.29, 1.82) is 0 Å². The van der Waals surface area contributed by atoms with Crippen molar-refractivity contribution >= 4 is 5.97 Å². The molecule has 0 amide bonds. The molecule has 0 atom stereocenters. The van der Waals surface area contributed by atoms with Gasteiger partial charge in [-0.2, -0.15) is 10.3 Å². The highest BCUT2D eigenvalue weighted by Crippen LogP contribution is 2.33. The standard InChI is InChI=1S/C17H14FN3O3/c1-2-24-17(23)16-15(19-21-20-16)13-9-11(5-8-14(13)22)10-3-6-12(18)7-4-10/h3-9,22H,2H2,1H3,(H,19,20,21). The van der Waals surface area contributed by atoms with Crippen LogP contribution in [0.2, 0.25) is 0 Å². The second kappa shape index (κ2) is 6.49. The first-order chi connectivity index (χ1) is 11.6. The van der Waals surface area contributed by atoms with Gasteiger partial charge >= 0.3 is 5.97 Å². The molecule has 1 heterocycles. The Bertz CT molecular complexity index is 875. The zero-order valence-corrected chi connectivity index (χ0v) is 12.8. The molecule has 24 heavy (non-hydrogen) atoms. The molecule has 1 aromatic heterocycles. The predicted molar refractivity (Wildman–Crippen MR) is 84.8 cm³/mol. The molecule has 6 nitrogen and oxygen atoms in total. The van der Waals surface area contributed by atoms with Crippen LogP contribution in [0.5, 0.6) is 5.75 Å². The third-order valence-corrected chi connectivity index (χ3v) is 3.45. The van der Waals surface area contributed by atoms with Gasteiger partial charge < -0.3 is 9.84 Å². The van der Waals surface area contributed by atoms with Crippen LogP contribution >= 0.6 is 0 Å². The molecule has 0 bridgehead atoms. The Balaban J connectivity index is 2.06. The number of carbonyl (C=O) groups excluding carboxylic acids is 1. The molecule has 7 heteroatoms. The van der Waals surface area contributed by atoms with E-state index in [1.54, 1.807) is 31.2 Å². The third kappa shape index (κ3) is 2.96. The van der Waals surface area contributed by atoms with Crippen molar-refractivity contribution in [1.82, 2.24) is 15.4 Å². The number of phenols is 1. The van der Waals surface area contributed by atoms with Gasteiger partial charge in [0.25, 0.3) is 0 Å². The highest BCUT2D eigenvalue weighted by atomic mass is 19.1. The first-order valence-corrected chi connectivity index (χ1v) is 7.27. The Morgan fingerprint density at radius 3 is 2.58 bits per heavy atom. The summed E-state index contributed by atoms with van der Waals surface area (Å²) in [5, 5.41) is 20.2. The van der Waals surface area contributed by atoms with Crippen LogP contribution in [-0.4, -0.2) is 33.1 Å². The van der Waals surface area contributed by atoms with Gasteiger partial charge in [-0.25, -0.2) is 9.18 Å². The van der Waals surface area contributed by atoms with E-state index >= 15 is 0 Å². The molecule has 0 aliphatic carbocycles. The number of H-pyrrole nitrogens is 1. The van der Waals surface area contributed by atoms with E-state index in [4.69, 9.17) is 4.74 Å². The Labute approximate surface area is 136 Å². The van der Waals surface area contributed by atoms with Crippen LogP contribution in [0.3, 0.4) is 0 Å². The summed E-state index contributed by atoms with van der Waals surface area (Å²) >= 11 is 0. The fourth-order valence-corrected chi connectivity index (χ4v) is 2.31. The fourth-order valence-electron chi connectivity index (χ4n) is 2.31. The number of aromatic nitrogens is 3. The van der Waals surface area contributed by atoms with Crippen LogP contribution < -0.4 is 0 Å². The first-order valence-electron chi connectivity index (χ1n) is 7.27. The lowest BCUT2D eigenvalue weighted by Gasteiger charge is -2.07. The first kappa shape index (κ1) is 15.7. The number of aromatic amines is 1. The minimum absolute atomic E-state index is 0.0107. The lowest BCUT2D eigenvalue weighted by Crippen LogP contribution is -2.06. The molecular weight excluding hydrogens is 313 g/mol. The number of rotatable bonds is 4. The minimum atomic E-state index is -0.632. The van der Waals surface area contributed by atoms with Crippen molar-refractivity contribution in [2.45, 2.75) is 6.92 Å². The van der Waals surface area contributed by atoms with Crippen molar-refractivity contribution < 1.29 is 19.0 Å². The van der Waals surface area contributed by atoms with Gasteiger partial charge in [0.05, 0.1) is 6.61 Å². The number of aromatic hydroxyl groups is 1. The molecule has 0 spiro atoms. The number of halogens is 1. The molecule has 0 saturated carbocycles. The van der Waals surface area contributed by atoms with E-state index in [9.17, 15) is 14.3 Å². The maximum atomic E-state index is 13.1. The SMILES string of the molecule is CCOC(=O)c1n[nH]nc1-c1cc(-c2ccc(F)cc2)ccc1O. The topological polar surface area (TPSA) is 88.1 Å². The number of hydrogen-bond acceptors (Lipinski definition) is 5. The maximum absolute atomic E-state index is 13.1. The van der Waals surface area contributed by atoms with Gasteiger partial charge in [0, 0.05) is 5.56 Å². The predicted octanol–water partition coefficient (Wildman–Crippen LogP) is 3.16. The van der Waals surface area contributed by atoms with E-state index in [-0.39, 0.29) is 29.6 Å². The highest BCUT2D eigenvalue weighted by molar-refractivity contribution is 5.95. The lowest BCUT2D eigenvalue weighted by molar-refractivity contribution is 0.0520. The van der Waals surface area contributed by atoms with Crippen LogP contribution in [0, 0.1) is 5.82 Å². The number of carbonyl (C=O) groups is 1. The molecule has 0 saturated heterocycles. The lowest BCUT2D eigenvalue weighted by atomic mass is 10.00. The van der Waals surface area contributed by atoms with Crippen molar-refractivity contribution in [3.8, 4) is 28.1 Å². The Kier molecular flexibility index (Phi) is 4.24. The van der Waals surface area contributed by atoms with Gasteiger partial charge in [0.15, 0.2) is 5.69 Å². The summed E-state index contributed by atoms with van der Waals surface area (Å²) < 4.78 is 18.0. The van der Waals surface area contributed by atoms with Crippen LogP contribution in [-0.2, 0) is 4.74 Å². The van der Waals surface area contributed by atoms with Crippen molar-refractivity contribution in [3.63, 3.8) is 0 Å². The maximum Gasteiger partial charge on any atom is 0.361 e. The van der Waals surface area contributed by atoms with Crippen molar-refractivity contribution in [3.05, 3.63) is 54.0 Å². The van der Waals surface area contributed by atoms with E-state index in [1.807, 2.05) is 0 Å². The smallest absolute Gasteiger partial charge is 0.361 e. The number of ether oxygens (including phenoxy) is 1. The molecule has 3 aromatic rings. The summed E-state index contributed by atoms with van der Waals surface area (Å²) in [5.41, 5.74) is 2.01. The monoisotopic (exact) mass is 327 g/mol. The Morgan fingerprint density at radius 2 is 1.88 bits per heavy atom. The molecule has 122 valence electrons. The zero-order valence-electron chi connectivity index (χ0n) is 12.8. The van der Waals surface area contributed by atoms with E-state index < -0.39 is 5.97 Å². The van der Waals surface area contributed by atoms with Crippen molar-refractivity contribution in [2.24, 2.45) is 0 Å². The largest absolute Gasteiger partial charge is 0.507 e. The summed E-state index contributed by atoms with van der Waals surface area (Å²) in [6, 6.07) is 10.8. The van der Waals surface area contributed by atoms with E-state index in [1.165, 1.54) is 18.2 Å². The average molecular weight is 327 g/mol. The van der Waals surface area contributed by atoms with Crippen LogP contribution in [0.15, 0.2) is 42.5 Å². The number of hydrogen-bond donors (Lipinski definition) is 2. The fraction of sp³-hybridized carbons (Fsp3) is 0.118. The molecular formula is C17H14FN3O3. The summed E-state index contributed by atoms with van der Waals surface area (Å²) in [7, 11) is 0. The third-order valence-electron chi connectivity index (χ3n) is 3.45. The number of benzene rings is 2. The number of nitrogens with zero attached hydrogens (tertiary/aromatic N) is 2. The number of phenolic OH excluding ortho intramolecular Hbond substituents is 1. The summed E-state index contributed by atoms with van der Waals surface area (Å²) in [6.07, 6.45) is 0. The highest BCUT2D eigenvalue weighted by Gasteiger charge is 2.21. The second-order valence-corrected chi connectivity index (χ2v) is 4.98. The van der Waals surface area contributed by atoms with Gasteiger partial charge in [-0.1, -0.05) is 18.2 Å². The summed E-state index contributed by atoms with van der Waals surface area (Å²) in [4.78, 5) is 11.9. The summed E-state index contributed by atoms with van der Waals surface area (Å²) in [6.45, 7) is 1.89. The molecule has 0 radical (unpaired) electrons. The van der Waals surface area contributed by atoms with Crippen LogP contribution in [0.25, 0.3) is 22.4 Å². The number of esters is 1. The molecule has 3 rings (SSSR count). The van der Waals surface area contributed by atoms with Gasteiger partial charge in [0.1, 0.15) is 17.3 Å². The van der Waals surface area contributed by atoms with Crippen LogP contribution in [0.1, 0.15) is 17.4 Å². The minimum Gasteiger partial charge on any atom is -0.507 e. The average Bonchev–Trinajstić information content (AvgIpc) is 3.06. The Hall–Kier alpha value is -3.22. The van der Waals surface area contributed by atoms with Gasteiger partial charge in [-0.15, -0.1) is 5.10 Å². The number of nitrogens with one attached hydrogen (secondary N) is 1. The summed E-state index contributed by atoms with van der Waals surface area (Å²) in [5.74, 6) is -1.02. The van der Waals surface area contributed by atoms with Crippen LogP contribution in [0.4, 0.5) is 4.39 Å². The van der Waals surface area contributed by atoms with E-state index in [2.05, 4.69) is 15.4 Å². The molecule has 2 aromatic carbocycles. The Morgan fingerprint density at radius 1 is 1.17 bits per heavy atom. The zero-order chi connectivity index (χ0) is 17.1. The van der Waals surface area contributed by atoms with E-state index in [0.717, 1.165) is 11.1 Å². The quantitative estimate of drug-likeness (QED) is 0.719. The van der Waals surface area contributed by atoms with E-state index in [0.29, 0.717) is 5.56 Å². The van der Waals surface area contributed by atoms with Gasteiger partial charge in [-0.3, -0.25) is 0 Å². The molecule has 2 N–H and O–H groups in total. The normalized spacial score (nSPS) is 10.6. The van der Waals surface area contributed by atoms with Gasteiger partial charge in [-0.05, 0) is 42.3 Å².